The van der Waals surface area contributed by atoms with E-state index in [-0.39, 0.29) is 11.9 Å². The molecule has 0 aliphatic carbocycles. The first kappa shape index (κ1) is 18.5. The number of benzene rings is 2. The van der Waals surface area contributed by atoms with Gasteiger partial charge in [-0.05, 0) is 75.2 Å². The minimum Gasteiger partial charge on any atom is -0.457 e. The zero-order valence-corrected chi connectivity index (χ0v) is 15.9. The molecule has 3 N–H and O–H groups in total. The summed E-state index contributed by atoms with van der Waals surface area (Å²) < 4.78 is 5.77. The number of nitrogens with zero attached hydrogens (tertiary/aromatic N) is 1. The summed E-state index contributed by atoms with van der Waals surface area (Å²) in [6, 6.07) is 14.3. The molecule has 5 rings (SSSR count). The highest BCUT2D eigenvalue weighted by Crippen LogP contribution is 2.32. The fraction of sp³-hybridized carbons (Fsp3) is 0.364. The van der Waals surface area contributed by atoms with Gasteiger partial charge in [-0.2, -0.15) is 0 Å². The van der Waals surface area contributed by atoms with Crippen molar-refractivity contribution < 1.29 is 14.3 Å². The van der Waals surface area contributed by atoms with E-state index in [1.54, 1.807) is 48.5 Å². The maximum absolute atomic E-state index is 12.7. The van der Waals surface area contributed by atoms with Crippen molar-refractivity contribution in [2.75, 3.05) is 13.1 Å². The fourth-order valence-electron chi connectivity index (χ4n) is 4.34. The van der Waals surface area contributed by atoms with Crippen molar-refractivity contribution in [2.45, 2.75) is 31.8 Å². The van der Waals surface area contributed by atoms with Gasteiger partial charge in [-0.15, -0.1) is 0 Å². The lowest BCUT2D eigenvalue weighted by molar-refractivity contribution is 0.0217. The van der Waals surface area contributed by atoms with Crippen LogP contribution >= 0.6 is 0 Å². The van der Waals surface area contributed by atoms with Gasteiger partial charge < -0.3 is 15.8 Å². The van der Waals surface area contributed by atoms with Gasteiger partial charge in [-0.3, -0.25) is 14.5 Å². The highest BCUT2D eigenvalue weighted by atomic mass is 16.5. The first-order valence-electron chi connectivity index (χ1n) is 9.74. The molecule has 146 valence electrons. The molecule has 2 bridgehead atoms. The molecule has 6 heteroatoms. The van der Waals surface area contributed by atoms with Crippen LogP contribution < -0.4 is 15.8 Å². The van der Waals surface area contributed by atoms with Crippen LogP contribution in [0.4, 0.5) is 0 Å². The molecule has 3 aliphatic rings. The molecule has 3 heterocycles. The van der Waals surface area contributed by atoms with E-state index in [4.69, 9.17) is 10.5 Å². The first-order chi connectivity index (χ1) is 13.5. The summed E-state index contributed by atoms with van der Waals surface area (Å²) in [5, 5.41) is 3.23. The largest absolute Gasteiger partial charge is 0.457 e. The van der Waals surface area contributed by atoms with Crippen molar-refractivity contribution in [3.05, 3.63) is 59.7 Å². The lowest BCUT2D eigenvalue weighted by Gasteiger charge is -2.49. The SMILES string of the molecule is CC1[C@H](NC(=O)c2ccc(Oc3ccccc3C(N)=O)cc2)C2CCN1CC2. The number of primary amides is 1. The van der Waals surface area contributed by atoms with E-state index in [0.29, 0.717) is 34.6 Å². The van der Waals surface area contributed by atoms with E-state index in [2.05, 4.69) is 17.1 Å². The van der Waals surface area contributed by atoms with Crippen LogP contribution in [-0.2, 0) is 0 Å². The smallest absolute Gasteiger partial charge is 0.252 e. The Morgan fingerprint density at radius 2 is 1.75 bits per heavy atom. The zero-order valence-electron chi connectivity index (χ0n) is 15.9. The highest BCUT2D eigenvalue weighted by Gasteiger charge is 2.40. The second-order valence-electron chi connectivity index (χ2n) is 7.60. The Morgan fingerprint density at radius 1 is 1.07 bits per heavy atom. The number of carbonyl (C=O) groups is 2. The molecule has 6 nitrogen and oxygen atoms in total. The van der Waals surface area contributed by atoms with Gasteiger partial charge in [0.05, 0.1) is 5.56 Å². The second kappa shape index (κ2) is 7.64. The van der Waals surface area contributed by atoms with Crippen molar-refractivity contribution in [3.8, 4) is 11.5 Å². The van der Waals surface area contributed by atoms with Crippen LogP contribution in [0, 0.1) is 5.92 Å². The van der Waals surface area contributed by atoms with Gasteiger partial charge >= 0.3 is 0 Å². The molecule has 3 saturated heterocycles. The van der Waals surface area contributed by atoms with Crippen molar-refractivity contribution >= 4 is 11.8 Å². The molecule has 2 amide bonds. The molecule has 0 radical (unpaired) electrons. The molecule has 0 aromatic heterocycles. The number of fused-ring (bicyclic) bond motifs is 3. The summed E-state index contributed by atoms with van der Waals surface area (Å²) in [5.41, 5.74) is 6.30. The van der Waals surface area contributed by atoms with Gasteiger partial charge in [0.2, 0.25) is 0 Å². The molecular formula is C22H25N3O3. The van der Waals surface area contributed by atoms with Crippen molar-refractivity contribution in [2.24, 2.45) is 11.7 Å². The Hall–Kier alpha value is -2.86. The summed E-state index contributed by atoms with van der Waals surface area (Å²) >= 11 is 0. The summed E-state index contributed by atoms with van der Waals surface area (Å²) in [5.74, 6) is 0.902. The number of nitrogens with two attached hydrogens (primary N) is 1. The van der Waals surface area contributed by atoms with E-state index in [9.17, 15) is 9.59 Å². The quantitative estimate of drug-likeness (QED) is 0.837. The Labute approximate surface area is 164 Å². The van der Waals surface area contributed by atoms with Crippen molar-refractivity contribution in [1.29, 1.82) is 0 Å². The van der Waals surface area contributed by atoms with E-state index < -0.39 is 5.91 Å². The van der Waals surface area contributed by atoms with Crippen LogP contribution in [0.2, 0.25) is 0 Å². The second-order valence-corrected chi connectivity index (χ2v) is 7.60. The molecule has 28 heavy (non-hydrogen) atoms. The molecule has 0 saturated carbocycles. The predicted molar refractivity (Wildman–Crippen MR) is 106 cm³/mol. The first-order valence-corrected chi connectivity index (χ1v) is 9.74. The number of carbonyl (C=O) groups excluding carboxylic acids is 2. The Balaban J connectivity index is 1.43. The van der Waals surface area contributed by atoms with E-state index in [1.165, 1.54) is 0 Å². The Kier molecular flexibility index (Phi) is 5.05. The van der Waals surface area contributed by atoms with E-state index in [1.807, 2.05) is 0 Å². The summed E-state index contributed by atoms with van der Waals surface area (Å²) in [7, 11) is 0. The van der Waals surface area contributed by atoms with Crippen LogP contribution in [0.5, 0.6) is 11.5 Å². The molecule has 1 unspecified atom stereocenters. The van der Waals surface area contributed by atoms with Gasteiger partial charge in [0.15, 0.2) is 0 Å². The topological polar surface area (TPSA) is 84.7 Å². The van der Waals surface area contributed by atoms with Crippen LogP contribution in [0.15, 0.2) is 48.5 Å². The maximum atomic E-state index is 12.7. The third kappa shape index (κ3) is 3.60. The molecule has 3 aliphatic heterocycles. The van der Waals surface area contributed by atoms with Gasteiger partial charge in [-0.1, -0.05) is 12.1 Å². The minimum absolute atomic E-state index is 0.0605. The van der Waals surface area contributed by atoms with Crippen LogP contribution in [0.25, 0.3) is 0 Å². The number of hydrogen-bond donors (Lipinski definition) is 2. The number of hydrogen-bond acceptors (Lipinski definition) is 4. The number of amides is 2. The van der Waals surface area contributed by atoms with E-state index >= 15 is 0 Å². The maximum Gasteiger partial charge on any atom is 0.252 e. The number of ether oxygens (including phenoxy) is 1. The molecule has 0 spiro atoms. The number of para-hydroxylation sites is 1. The van der Waals surface area contributed by atoms with Crippen molar-refractivity contribution in [1.82, 2.24) is 10.2 Å². The third-order valence-corrected chi connectivity index (χ3v) is 5.97. The van der Waals surface area contributed by atoms with E-state index in [0.717, 1.165) is 25.9 Å². The molecular weight excluding hydrogens is 354 g/mol. The number of rotatable bonds is 5. The summed E-state index contributed by atoms with van der Waals surface area (Å²) in [6.07, 6.45) is 2.31. The Bertz CT molecular complexity index is 871. The standard InChI is InChI=1S/C22H25N3O3/c1-14-20(15-10-12-25(14)13-11-15)24-22(27)16-6-8-17(9-7-16)28-19-5-3-2-4-18(19)21(23)26/h2-9,14-15,20H,10-13H2,1H3,(H2,23,26)(H,24,27)/t14?,20-/m0/s1. The van der Waals surface area contributed by atoms with Crippen LogP contribution in [0.3, 0.4) is 0 Å². The van der Waals surface area contributed by atoms with Crippen LogP contribution in [0.1, 0.15) is 40.5 Å². The minimum atomic E-state index is -0.543. The third-order valence-electron chi connectivity index (χ3n) is 5.97. The lowest BCUT2D eigenvalue weighted by Crippen LogP contribution is -2.62. The van der Waals surface area contributed by atoms with Gasteiger partial charge in [-0.25, -0.2) is 0 Å². The number of piperidine rings is 3. The zero-order chi connectivity index (χ0) is 19.7. The lowest BCUT2D eigenvalue weighted by atomic mass is 9.79. The van der Waals surface area contributed by atoms with Gasteiger partial charge in [0.25, 0.3) is 11.8 Å². The average molecular weight is 379 g/mol. The molecule has 2 aromatic rings. The predicted octanol–water partition coefficient (Wildman–Crippen LogP) is 2.79. The fourth-order valence-corrected chi connectivity index (χ4v) is 4.34. The van der Waals surface area contributed by atoms with Gasteiger partial charge in [0.1, 0.15) is 11.5 Å². The normalized spacial score (nSPS) is 25.9. The van der Waals surface area contributed by atoms with Gasteiger partial charge in [0, 0.05) is 17.6 Å². The molecule has 2 atom stereocenters. The van der Waals surface area contributed by atoms with Crippen LogP contribution in [-0.4, -0.2) is 41.9 Å². The summed E-state index contributed by atoms with van der Waals surface area (Å²) in [4.78, 5) is 26.7. The van der Waals surface area contributed by atoms with Crippen molar-refractivity contribution in [3.63, 3.8) is 0 Å². The molecule has 2 aromatic carbocycles. The molecule has 3 fully saturated rings. The summed E-state index contributed by atoms with van der Waals surface area (Å²) in [6.45, 7) is 4.47. The average Bonchev–Trinajstić information content (AvgIpc) is 2.71. The Morgan fingerprint density at radius 3 is 2.39 bits per heavy atom. The monoisotopic (exact) mass is 379 g/mol. The highest BCUT2D eigenvalue weighted by molar-refractivity contribution is 5.96. The number of nitrogens with one attached hydrogen (secondary N) is 1.